The molecule has 2 heterocycles. The zero-order valence-electron chi connectivity index (χ0n) is 10.2. The second kappa shape index (κ2) is 5.99. The third kappa shape index (κ3) is 3.66. The number of hydrogen-bond acceptors (Lipinski definition) is 3. The summed E-state index contributed by atoms with van der Waals surface area (Å²) in [4.78, 5) is 20.0. The van der Waals surface area contributed by atoms with Crippen LogP contribution in [0.5, 0.6) is 0 Å². The Hall–Kier alpha value is -1.65. The van der Waals surface area contributed by atoms with Gasteiger partial charge in [0.15, 0.2) is 0 Å². The number of halogens is 2. The number of aromatic nitrogens is 2. The lowest BCUT2D eigenvalue weighted by molar-refractivity contribution is 0.0950. The topological polar surface area (TPSA) is 54.9 Å². The standard InChI is InChI=1S/C13H11Cl2N3O/c1-8-3-2-4-9(17-8)7-16-13(19)10-5-6-11(14)18-12(10)15/h2-6H,7H2,1H3,(H,16,19). The normalized spacial score (nSPS) is 10.3. The number of pyridine rings is 2. The second-order valence-electron chi connectivity index (χ2n) is 3.93. The highest BCUT2D eigenvalue weighted by atomic mass is 35.5. The molecule has 6 heteroatoms. The van der Waals surface area contributed by atoms with Crippen LogP contribution in [-0.2, 0) is 6.54 Å². The molecule has 0 bridgehead atoms. The summed E-state index contributed by atoms with van der Waals surface area (Å²) in [5.74, 6) is -0.308. The van der Waals surface area contributed by atoms with E-state index in [9.17, 15) is 4.79 Å². The molecular weight excluding hydrogens is 285 g/mol. The Morgan fingerprint density at radius 1 is 1.21 bits per heavy atom. The summed E-state index contributed by atoms with van der Waals surface area (Å²) in [5.41, 5.74) is 1.98. The molecule has 98 valence electrons. The monoisotopic (exact) mass is 295 g/mol. The van der Waals surface area contributed by atoms with Gasteiger partial charge in [0.2, 0.25) is 0 Å². The van der Waals surface area contributed by atoms with Gasteiger partial charge in [0.25, 0.3) is 5.91 Å². The molecule has 2 aromatic rings. The Balaban J connectivity index is 2.05. The number of carbonyl (C=O) groups is 1. The summed E-state index contributed by atoms with van der Waals surface area (Å²) in [6, 6.07) is 8.69. The van der Waals surface area contributed by atoms with Crippen LogP contribution < -0.4 is 5.32 Å². The molecule has 1 N–H and O–H groups in total. The van der Waals surface area contributed by atoms with Gasteiger partial charge in [-0.25, -0.2) is 4.98 Å². The maximum absolute atomic E-state index is 11.9. The van der Waals surface area contributed by atoms with Crippen LogP contribution in [0.3, 0.4) is 0 Å². The fourth-order valence-electron chi connectivity index (χ4n) is 1.55. The lowest BCUT2D eigenvalue weighted by Gasteiger charge is -2.06. The number of hydrogen-bond donors (Lipinski definition) is 1. The number of rotatable bonds is 3. The average Bonchev–Trinajstić information content (AvgIpc) is 2.36. The van der Waals surface area contributed by atoms with E-state index in [0.29, 0.717) is 12.1 Å². The molecular formula is C13H11Cl2N3O. The van der Waals surface area contributed by atoms with Crippen LogP contribution in [0, 0.1) is 6.92 Å². The van der Waals surface area contributed by atoms with Gasteiger partial charge in [0.05, 0.1) is 17.8 Å². The van der Waals surface area contributed by atoms with Crippen molar-refractivity contribution < 1.29 is 4.79 Å². The fourth-order valence-corrected chi connectivity index (χ4v) is 1.98. The Morgan fingerprint density at radius 2 is 2.00 bits per heavy atom. The van der Waals surface area contributed by atoms with E-state index in [1.54, 1.807) is 0 Å². The minimum atomic E-state index is -0.308. The van der Waals surface area contributed by atoms with E-state index in [4.69, 9.17) is 23.2 Å². The molecule has 0 aliphatic rings. The Kier molecular flexibility index (Phi) is 4.35. The van der Waals surface area contributed by atoms with E-state index < -0.39 is 0 Å². The van der Waals surface area contributed by atoms with Crippen LogP contribution in [-0.4, -0.2) is 15.9 Å². The van der Waals surface area contributed by atoms with Crippen molar-refractivity contribution in [1.82, 2.24) is 15.3 Å². The maximum Gasteiger partial charge on any atom is 0.254 e. The van der Waals surface area contributed by atoms with Crippen LogP contribution in [0.15, 0.2) is 30.3 Å². The first-order valence-electron chi connectivity index (χ1n) is 5.59. The summed E-state index contributed by atoms with van der Waals surface area (Å²) < 4.78 is 0. The first-order chi connectivity index (χ1) is 9.06. The van der Waals surface area contributed by atoms with Crippen molar-refractivity contribution in [1.29, 1.82) is 0 Å². The molecule has 2 aromatic heterocycles. The third-order valence-corrected chi connectivity index (χ3v) is 2.93. The molecule has 0 aromatic carbocycles. The van der Waals surface area contributed by atoms with Crippen molar-refractivity contribution in [3.63, 3.8) is 0 Å². The van der Waals surface area contributed by atoms with Gasteiger partial charge >= 0.3 is 0 Å². The molecule has 0 atom stereocenters. The summed E-state index contributed by atoms with van der Waals surface area (Å²) in [6.07, 6.45) is 0. The molecule has 0 aliphatic heterocycles. The van der Waals surface area contributed by atoms with Crippen LogP contribution in [0.2, 0.25) is 10.3 Å². The highest BCUT2D eigenvalue weighted by molar-refractivity contribution is 6.34. The Labute approximate surface area is 120 Å². The first-order valence-corrected chi connectivity index (χ1v) is 6.34. The van der Waals surface area contributed by atoms with E-state index in [-0.39, 0.29) is 16.2 Å². The fraction of sp³-hybridized carbons (Fsp3) is 0.154. The van der Waals surface area contributed by atoms with Crippen LogP contribution in [0.4, 0.5) is 0 Å². The van der Waals surface area contributed by atoms with Crippen molar-refractivity contribution in [3.05, 3.63) is 57.6 Å². The molecule has 2 rings (SSSR count). The van der Waals surface area contributed by atoms with Crippen LogP contribution >= 0.6 is 23.2 Å². The summed E-state index contributed by atoms with van der Waals surface area (Å²) in [6.45, 7) is 2.23. The minimum Gasteiger partial charge on any atom is -0.346 e. The minimum absolute atomic E-state index is 0.0854. The lowest BCUT2D eigenvalue weighted by atomic mass is 10.2. The van der Waals surface area contributed by atoms with Crippen LogP contribution in [0.25, 0.3) is 0 Å². The van der Waals surface area contributed by atoms with Gasteiger partial charge in [0.1, 0.15) is 10.3 Å². The van der Waals surface area contributed by atoms with Gasteiger partial charge < -0.3 is 5.32 Å². The van der Waals surface area contributed by atoms with E-state index in [2.05, 4.69) is 15.3 Å². The van der Waals surface area contributed by atoms with E-state index in [1.807, 2.05) is 25.1 Å². The average molecular weight is 296 g/mol. The summed E-state index contributed by atoms with van der Waals surface area (Å²) in [7, 11) is 0. The van der Waals surface area contributed by atoms with Crippen LogP contribution in [0.1, 0.15) is 21.7 Å². The molecule has 4 nitrogen and oxygen atoms in total. The predicted octanol–water partition coefficient (Wildman–Crippen LogP) is 3.02. The third-order valence-electron chi connectivity index (χ3n) is 2.44. The van der Waals surface area contributed by atoms with E-state index >= 15 is 0 Å². The van der Waals surface area contributed by atoms with Gasteiger partial charge in [0, 0.05) is 5.69 Å². The zero-order valence-corrected chi connectivity index (χ0v) is 11.7. The molecule has 0 spiro atoms. The van der Waals surface area contributed by atoms with Crippen molar-refractivity contribution in [3.8, 4) is 0 Å². The maximum atomic E-state index is 11.9. The molecule has 19 heavy (non-hydrogen) atoms. The van der Waals surface area contributed by atoms with Crippen molar-refractivity contribution in [2.24, 2.45) is 0 Å². The lowest BCUT2D eigenvalue weighted by Crippen LogP contribution is -2.24. The predicted molar refractivity (Wildman–Crippen MR) is 74.4 cm³/mol. The Bertz CT molecular complexity index is 617. The Morgan fingerprint density at radius 3 is 2.68 bits per heavy atom. The summed E-state index contributed by atoms with van der Waals surface area (Å²) in [5, 5.41) is 3.07. The summed E-state index contributed by atoms with van der Waals surface area (Å²) >= 11 is 11.5. The highest BCUT2D eigenvalue weighted by Crippen LogP contribution is 2.16. The highest BCUT2D eigenvalue weighted by Gasteiger charge is 2.11. The number of aryl methyl sites for hydroxylation is 1. The molecule has 0 radical (unpaired) electrons. The molecule has 0 aliphatic carbocycles. The van der Waals surface area contributed by atoms with E-state index in [0.717, 1.165) is 11.4 Å². The van der Waals surface area contributed by atoms with Crippen molar-refractivity contribution in [2.45, 2.75) is 13.5 Å². The molecule has 0 saturated carbocycles. The van der Waals surface area contributed by atoms with E-state index in [1.165, 1.54) is 12.1 Å². The zero-order chi connectivity index (χ0) is 13.8. The molecule has 1 amide bonds. The number of carbonyl (C=O) groups excluding carboxylic acids is 1. The number of nitrogens with one attached hydrogen (secondary N) is 1. The van der Waals surface area contributed by atoms with Gasteiger partial charge in [-0.05, 0) is 31.2 Å². The first kappa shape index (κ1) is 13.8. The SMILES string of the molecule is Cc1cccc(CNC(=O)c2ccc(Cl)nc2Cl)n1. The quantitative estimate of drug-likeness (QED) is 0.886. The largest absolute Gasteiger partial charge is 0.346 e. The number of amides is 1. The smallest absolute Gasteiger partial charge is 0.254 e. The second-order valence-corrected chi connectivity index (χ2v) is 4.67. The van der Waals surface area contributed by atoms with Gasteiger partial charge in [-0.3, -0.25) is 9.78 Å². The number of nitrogens with zero attached hydrogens (tertiary/aromatic N) is 2. The molecule has 0 fully saturated rings. The molecule has 0 saturated heterocycles. The van der Waals surface area contributed by atoms with Gasteiger partial charge in [-0.1, -0.05) is 29.3 Å². The van der Waals surface area contributed by atoms with Gasteiger partial charge in [-0.2, -0.15) is 0 Å². The van der Waals surface area contributed by atoms with Crippen molar-refractivity contribution >= 4 is 29.1 Å². The van der Waals surface area contributed by atoms with Crippen molar-refractivity contribution in [2.75, 3.05) is 0 Å². The van der Waals surface area contributed by atoms with Gasteiger partial charge in [-0.15, -0.1) is 0 Å². The molecule has 0 unspecified atom stereocenters.